The normalized spacial score (nSPS) is 11.8. The van der Waals surface area contributed by atoms with E-state index in [0.717, 1.165) is 16.8 Å². The average molecular weight is 384 g/mol. The Morgan fingerprint density at radius 3 is 2.39 bits per heavy atom. The number of nitrogens with zero attached hydrogens (tertiary/aromatic N) is 2. The van der Waals surface area contributed by atoms with Gasteiger partial charge in [-0.25, -0.2) is 0 Å². The number of carbonyl (C=O) groups is 2. The Kier molecular flexibility index (Phi) is 6.84. The molecule has 8 nitrogen and oxygen atoms in total. The third-order valence-corrected chi connectivity index (χ3v) is 4.67. The van der Waals surface area contributed by atoms with Gasteiger partial charge in [0.1, 0.15) is 5.69 Å². The van der Waals surface area contributed by atoms with Crippen molar-refractivity contribution in [3.8, 4) is 0 Å². The number of aryl methyl sites for hydroxylation is 1. The molecular formula is C20H24N4O4. The number of nitro benzene ring substituents is 1. The molecule has 2 amide bonds. The number of nitro groups is 1. The number of hydrogen-bond acceptors (Lipinski definition) is 5. The van der Waals surface area contributed by atoms with Crippen LogP contribution in [0.25, 0.3) is 0 Å². The van der Waals surface area contributed by atoms with Crippen molar-refractivity contribution in [3.63, 3.8) is 0 Å². The van der Waals surface area contributed by atoms with Crippen LogP contribution in [-0.2, 0) is 9.59 Å². The molecule has 28 heavy (non-hydrogen) atoms. The molecule has 2 aromatic rings. The molecule has 0 saturated carbocycles. The molecule has 0 unspecified atom stereocenters. The summed E-state index contributed by atoms with van der Waals surface area (Å²) in [7, 11) is 1.65. The van der Waals surface area contributed by atoms with Crippen LogP contribution in [0.3, 0.4) is 0 Å². The van der Waals surface area contributed by atoms with Gasteiger partial charge in [0, 0.05) is 11.8 Å². The summed E-state index contributed by atoms with van der Waals surface area (Å²) in [5.74, 6) is -0.683. The van der Waals surface area contributed by atoms with Crippen molar-refractivity contribution in [1.82, 2.24) is 4.90 Å². The number of hydrogen-bond donors (Lipinski definition) is 2. The van der Waals surface area contributed by atoms with Crippen LogP contribution in [0.2, 0.25) is 0 Å². The number of amides is 2. The minimum absolute atomic E-state index is 0.00114. The molecule has 0 aliphatic heterocycles. The third-order valence-electron chi connectivity index (χ3n) is 4.67. The van der Waals surface area contributed by atoms with E-state index in [1.165, 1.54) is 18.2 Å². The molecule has 2 aromatic carbocycles. The van der Waals surface area contributed by atoms with Gasteiger partial charge in [-0.3, -0.25) is 24.6 Å². The fourth-order valence-electron chi connectivity index (χ4n) is 2.62. The summed E-state index contributed by atoms with van der Waals surface area (Å²) in [5.41, 5.74) is 2.73. The second kappa shape index (κ2) is 9.09. The summed E-state index contributed by atoms with van der Waals surface area (Å²) in [5, 5.41) is 16.5. The molecule has 8 heteroatoms. The summed E-state index contributed by atoms with van der Waals surface area (Å²) in [6.07, 6.45) is 0. The monoisotopic (exact) mass is 384 g/mol. The molecule has 0 spiro atoms. The van der Waals surface area contributed by atoms with Crippen LogP contribution in [0.4, 0.5) is 17.1 Å². The summed E-state index contributed by atoms with van der Waals surface area (Å²) in [6, 6.07) is 10.9. The van der Waals surface area contributed by atoms with Crippen molar-refractivity contribution < 1.29 is 14.5 Å². The molecule has 0 radical (unpaired) electrons. The summed E-state index contributed by atoms with van der Waals surface area (Å²) in [6.45, 7) is 5.53. The van der Waals surface area contributed by atoms with E-state index in [9.17, 15) is 19.7 Å². The minimum atomic E-state index is -0.663. The topological polar surface area (TPSA) is 105 Å². The maximum absolute atomic E-state index is 12.5. The smallest absolute Gasteiger partial charge is 0.292 e. The molecular weight excluding hydrogens is 360 g/mol. The zero-order valence-corrected chi connectivity index (χ0v) is 16.4. The molecule has 0 bridgehead atoms. The molecule has 2 N–H and O–H groups in total. The quantitative estimate of drug-likeness (QED) is 0.564. The molecule has 0 heterocycles. The van der Waals surface area contributed by atoms with Gasteiger partial charge in [0.2, 0.25) is 11.8 Å². The van der Waals surface area contributed by atoms with Gasteiger partial charge in [0.05, 0.1) is 17.5 Å². The SMILES string of the molecule is Cc1cccc(NC(=O)CN(C)[C@H](C)C(=O)Nc2ccccc2[N+](=O)[O-])c1C. The highest BCUT2D eigenvalue weighted by Crippen LogP contribution is 2.23. The van der Waals surface area contributed by atoms with Crippen molar-refractivity contribution in [2.45, 2.75) is 26.8 Å². The number of anilines is 2. The number of carbonyl (C=O) groups excluding carboxylic acids is 2. The third kappa shape index (κ3) is 5.14. The molecule has 2 rings (SSSR count). The van der Waals surface area contributed by atoms with E-state index in [2.05, 4.69) is 10.6 Å². The van der Waals surface area contributed by atoms with Crippen molar-refractivity contribution in [1.29, 1.82) is 0 Å². The first-order chi connectivity index (χ1) is 13.2. The van der Waals surface area contributed by atoms with Gasteiger partial charge in [0.25, 0.3) is 5.69 Å². The standard InChI is InChI=1S/C20H24N4O4/c1-13-8-7-10-16(14(13)2)21-19(25)12-23(4)15(3)20(26)22-17-9-5-6-11-18(17)24(27)28/h5-11,15H,12H2,1-4H3,(H,21,25)(H,22,26)/t15-/m1/s1. The predicted molar refractivity (Wildman–Crippen MR) is 108 cm³/mol. The van der Waals surface area contributed by atoms with E-state index in [-0.39, 0.29) is 23.8 Å². The van der Waals surface area contributed by atoms with Crippen molar-refractivity contribution >= 4 is 28.9 Å². The number of nitrogens with one attached hydrogen (secondary N) is 2. The van der Waals surface area contributed by atoms with Crippen LogP contribution in [0.15, 0.2) is 42.5 Å². The van der Waals surface area contributed by atoms with Gasteiger partial charge >= 0.3 is 0 Å². The number of benzene rings is 2. The van der Waals surface area contributed by atoms with Crippen molar-refractivity contribution in [2.24, 2.45) is 0 Å². The Morgan fingerprint density at radius 2 is 1.71 bits per heavy atom. The molecule has 1 atom stereocenters. The molecule has 0 aliphatic rings. The fraction of sp³-hybridized carbons (Fsp3) is 0.300. The first kappa shape index (κ1) is 21.0. The van der Waals surface area contributed by atoms with E-state index >= 15 is 0 Å². The zero-order valence-electron chi connectivity index (χ0n) is 16.4. The molecule has 148 valence electrons. The second-order valence-electron chi connectivity index (χ2n) is 6.65. The van der Waals surface area contributed by atoms with Gasteiger partial charge in [-0.1, -0.05) is 24.3 Å². The Balaban J connectivity index is 1.99. The van der Waals surface area contributed by atoms with E-state index < -0.39 is 16.9 Å². The first-order valence-electron chi connectivity index (χ1n) is 8.81. The Morgan fingerprint density at radius 1 is 1.07 bits per heavy atom. The lowest BCUT2D eigenvalue weighted by Crippen LogP contribution is -2.43. The van der Waals surface area contributed by atoms with Crippen LogP contribution < -0.4 is 10.6 Å². The molecule has 0 aliphatic carbocycles. The lowest BCUT2D eigenvalue weighted by molar-refractivity contribution is -0.383. The van der Waals surface area contributed by atoms with Gasteiger partial charge in [-0.2, -0.15) is 0 Å². The minimum Gasteiger partial charge on any atom is -0.325 e. The second-order valence-corrected chi connectivity index (χ2v) is 6.65. The summed E-state index contributed by atoms with van der Waals surface area (Å²) in [4.78, 5) is 36.9. The maximum Gasteiger partial charge on any atom is 0.292 e. The van der Waals surface area contributed by atoms with Crippen molar-refractivity contribution in [2.75, 3.05) is 24.2 Å². The van der Waals surface area contributed by atoms with E-state index in [1.54, 1.807) is 24.9 Å². The van der Waals surface area contributed by atoms with Gasteiger partial charge in [-0.15, -0.1) is 0 Å². The predicted octanol–water partition coefficient (Wildman–Crippen LogP) is 3.11. The summed E-state index contributed by atoms with van der Waals surface area (Å²) < 4.78 is 0. The van der Waals surface area contributed by atoms with Gasteiger partial charge < -0.3 is 10.6 Å². The number of rotatable bonds is 7. The lowest BCUT2D eigenvalue weighted by atomic mass is 10.1. The fourth-order valence-corrected chi connectivity index (χ4v) is 2.62. The molecule has 0 fully saturated rings. The highest BCUT2D eigenvalue weighted by Gasteiger charge is 2.23. The van der Waals surface area contributed by atoms with E-state index in [0.29, 0.717) is 0 Å². The molecule has 0 aromatic heterocycles. The van der Waals surface area contributed by atoms with Gasteiger partial charge in [-0.05, 0) is 51.1 Å². The van der Waals surface area contributed by atoms with E-state index in [4.69, 9.17) is 0 Å². The number of likely N-dealkylation sites (N-methyl/N-ethyl adjacent to an activating group) is 1. The van der Waals surface area contributed by atoms with Crippen molar-refractivity contribution in [3.05, 3.63) is 63.7 Å². The van der Waals surface area contributed by atoms with Crippen LogP contribution >= 0.6 is 0 Å². The van der Waals surface area contributed by atoms with Crippen LogP contribution in [0, 0.1) is 24.0 Å². The maximum atomic E-state index is 12.5. The Labute approximate surface area is 163 Å². The zero-order chi connectivity index (χ0) is 20.8. The summed E-state index contributed by atoms with van der Waals surface area (Å²) >= 11 is 0. The molecule has 0 saturated heterocycles. The lowest BCUT2D eigenvalue weighted by Gasteiger charge is -2.23. The number of para-hydroxylation sites is 2. The Hall–Kier alpha value is -3.26. The van der Waals surface area contributed by atoms with Crippen LogP contribution in [-0.4, -0.2) is 41.3 Å². The van der Waals surface area contributed by atoms with Crippen LogP contribution in [0.5, 0.6) is 0 Å². The van der Waals surface area contributed by atoms with Crippen LogP contribution in [0.1, 0.15) is 18.1 Å². The Bertz CT molecular complexity index is 898. The highest BCUT2D eigenvalue weighted by molar-refractivity contribution is 5.97. The van der Waals surface area contributed by atoms with E-state index in [1.807, 2.05) is 32.0 Å². The average Bonchev–Trinajstić information content (AvgIpc) is 2.65. The first-order valence-corrected chi connectivity index (χ1v) is 8.81. The largest absolute Gasteiger partial charge is 0.325 e. The highest BCUT2D eigenvalue weighted by atomic mass is 16.6. The van der Waals surface area contributed by atoms with Gasteiger partial charge in [0.15, 0.2) is 0 Å².